The zero-order valence-electron chi connectivity index (χ0n) is 20.4. The van der Waals surface area contributed by atoms with Crippen LogP contribution in [0, 0.1) is 0 Å². The summed E-state index contributed by atoms with van der Waals surface area (Å²) in [6, 6.07) is 5.09. The number of hydrogen-bond acceptors (Lipinski definition) is 5. The number of para-hydroxylation sites is 1. The zero-order chi connectivity index (χ0) is 23.8. The minimum Gasteiger partial charge on any atom is -0.383 e. The van der Waals surface area contributed by atoms with Gasteiger partial charge in [-0.25, -0.2) is 4.79 Å². The van der Waals surface area contributed by atoms with Gasteiger partial charge in [-0.3, -0.25) is 24.0 Å². The van der Waals surface area contributed by atoms with Crippen molar-refractivity contribution in [3.63, 3.8) is 0 Å². The van der Waals surface area contributed by atoms with E-state index in [0.717, 1.165) is 42.8 Å². The van der Waals surface area contributed by atoms with Gasteiger partial charge in [-0.2, -0.15) is 0 Å². The third-order valence-electron chi connectivity index (χ3n) is 6.74. The number of nitrogens with one attached hydrogen (secondary N) is 2. The van der Waals surface area contributed by atoms with Gasteiger partial charge in [-0.15, -0.1) is 0 Å². The number of aryl methyl sites for hydroxylation is 1. The van der Waals surface area contributed by atoms with E-state index in [1.807, 2.05) is 18.2 Å². The second-order valence-corrected chi connectivity index (χ2v) is 8.93. The van der Waals surface area contributed by atoms with Crippen LogP contribution < -0.4 is 16.3 Å². The van der Waals surface area contributed by atoms with E-state index < -0.39 is 11.9 Å². The number of imide groups is 1. The summed E-state index contributed by atoms with van der Waals surface area (Å²) in [6.07, 6.45) is 7.94. The highest BCUT2D eigenvalue weighted by Gasteiger charge is 2.31. The molecule has 0 radical (unpaired) electrons. The lowest BCUT2D eigenvalue weighted by atomic mass is 10.1. The minimum absolute atomic E-state index is 0.238. The summed E-state index contributed by atoms with van der Waals surface area (Å²) in [6.45, 7) is 8.76. The highest BCUT2D eigenvalue weighted by Crippen LogP contribution is 2.27. The Morgan fingerprint density at radius 3 is 2.42 bits per heavy atom. The Morgan fingerprint density at radius 2 is 1.73 bits per heavy atom. The summed E-state index contributed by atoms with van der Waals surface area (Å²) in [4.78, 5) is 39.4. The molecular formula is C25H39N5O3. The molecule has 182 valence electrons. The molecule has 2 heterocycles. The number of imidazole rings is 1. The first-order valence-corrected chi connectivity index (χ1v) is 12.5. The maximum absolute atomic E-state index is 13.0. The Morgan fingerprint density at radius 1 is 1.03 bits per heavy atom. The predicted octanol–water partition coefficient (Wildman–Crippen LogP) is 3.41. The molecule has 1 aliphatic rings. The molecule has 3 rings (SSSR count). The number of aromatic nitrogens is 2. The fourth-order valence-corrected chi connectivity index (χ4v) is 4.74. The minimum atomic E-state index is -0.657. The molecule has 0 bridgehead atoms. The van der Waals surface area contributed by atoms with Crippen molar-refractivity contribution in [3.05, 3.63) is 28.7 Å². The summed E-state index contributed by atoms with van der Waals surface area (Å²) < 4.78 is 3.12. The fourth-order valence-electron chi connectivity index (χ4n) is 4.74. The second kappa shape index (κ2) is 12.0. The molecule has 2 N–H and O–H groups in total. The maximum atomic E-state index is 13.0. The Labute approximate surface area is 196 Å². The number of hydrogen-bond donors (Lipinski definition) is 2. The van der Waals surface area contributed by atoms with Gasteiger partial charge in [-0.1, -0.05) is 45.6 Å². The molecule has 1 aromatic heterocycles. The van der Waals surface area contributed by atoms with Gasteiger partial charge in [0.05, 0.1) is 16.7 Å². The molecular weight excluding hydrogens is 418 g/mol. The third kappa shape index (κ3) is 6.05. The summed E-state index contributed by atoms with van der Waals surface area (Å²) in [5.74, 6) is -0.688. The Hall–Kier alpha value is -2.61. The number of amides is 2. The van der Waals surface area contributed by atoms with Crippen LogP contribution in [-0.2, 0) is 16.6 Å². The first-order chi connectivity index (χ1) is 16.0. The van der Waals surface area contributed by atoms with E-state index >= 15 is 0 Å². The average Bonchev–Trinajstić information content (AvgIpc) is 3.06. The van der Waals surface area contributed by atoms with Gasteiger partial charge in [0, 0.05) is 20.0 Å². The monoisotopic (exact) mass is 457 g/mol. The molecule has 1 aliphatic heterocycles. The Kier molecular flexibility index (Phi) is 9.11. The lowest BCUT2D eigenvalue weighted by molar-refractivity contribution is -0.135. The highest BCUT2D eigenvalue weighted by molar-refractivity contribution is 6.00. The zero-order valence-corrected chi connectivity index (χ0v) is 20.4. The van der Waals surface area contributed by atoms with Gasteiger partial charge in [-0.05, 0) is 51.0 Å². The number of nitrogens with zero attached hydrogens (tertiary/aromatic N) is 3. The van der Waals surface area contributed by atoms with E-state index in [1.54, 1.807) is 11.6 Å². The van der Waals surface area contributed by atoms with Gasteiger partial charge in [0.2, 0.25) is 11.8 Å². The number of unbranched alkanes of at least 4 members (excludes halogenated alkanes) is 5. The van der Waals surface area contributed by atoms with Crippen molar-refractivity contribution in [2.24, 2.45) is 7.05 Å². The van der Waals surface area contributed by atoms with Gasteiger partial charge >= 0.3 is 5.69 Å². The SMILES string of the molecule is CCN(CC)CCCCCCCCNc1cccc2c1n(C)c(=O)n2C1CCC(=O)NC1=O. The Bertz CT molecular complexity index is 1010. The van der Waals surface area contributed by atoms with Crippen LogP contribution >= 0.6 is 0 Å². The quantitative estimate of drug-likeness (QED) is 0.355. The van der Waals surface area contributed by atoms with Crippen LogP contribution in [0.4, 0.5) is 5.69 Å². The van der Waals surface area contributed by atoms with E-state index in [2.05, 4.69) is 29.4 Å². The molecule has 0 aliphatic carbocycles. The largest absolute Gasteiger partial charge is 0.383 e. The van der Waals surface area contributed by atoms with Crippen LogP contribution in [0.5, 0.6) is 0 Å². The van der Waals surface area contributed by atoms with Crippen LogP contribution in [0.15, 0.2) is 23.0 Å². The van der Waals surface area contributed by atoms with Gasteiger partial charge in [0.15, 0.2) is 0 Å². The van der Waals surface area contributed by atoms with E-state index in [4.69, 9.17) is 0 Å². The smallest absolute Gasteiger partial charge is 0.329 e. The number of anilines is 1. The van der Waals surface area contributed by atoms with Crippen molar-refractivity contribution in [2.75, 3.05) is 31.5 Å². The van der Waals surface area contributed by atoms with Crippen LogP contribution in [-0.4, -0.2) is 52.0 Å². The van der Waals surface area contributed by atoms with Gasteiger partial charge < -0.3 is 10.2 Å². The van der Waals surface area contributed by atoms with E-state index in [0.29, 0.717) is 6.42 Å². The topological polar surface area (TPSA) is 88.4 Å². The number of carbonyl (C=O) groups excluding carboxylic acids is 2. The molecule has 1 atom stereocenters. The van der Waals surface area contributed by atoms with E-state index in [9.17, 15) is 14.4 Å². The third-order valence-corrected chi connectivity index (χ3v) is 6.74. The molecule has 8 heteroatoms. The molecule has 1 saturated heterocycles. The molecule has 2 amide bonds. The van der Waals surface area contributed by atoms with Crippen LogP contribution in [0.3, 0.4) is 0 Å². The Balaban J connectivity index is 1.53. The molecule has 8 nitrogen and oxygen atoms in total. The molecule has 1 fully saturated rings. The predicted molar refractivity (Wildman–Crippen MR) is 133 cm³/mol. The van der Waals surface area contributed by atoms with Crippen molar-refractivity contribution in [2.45, 2.75) is 71.3 Å². The van der Waals surface area contributed by atoms with Crippen molar-refractivity contribution >= 4 is 28.5 Å². The summed E-state index contributed by atoms with van der Waals surface area (Å²) in [7, 11) is 1.73. The molecule has 33 heavy (non-hydrogen) atoms. The van der Waals surface area contributed by atoms with Crippen molar-refractivity contribution in [1.82, 2.24) is 19.4 Å². The normalized spacial score (nSPS) is 16.5. The van der Waals surface area contributed by atoms with Gasteiger partial charge in [0.1, 0.15) is 6.04 Å². The number of rotatable bonds is 13. The molecule has 0 spiro atoms. The standard InChI is InChI=1S/C25H39N5O3/c1-4-29(5-2)18-11-9-7-6-8-10-17-26-19-13-12-14-20-23(19)28(3)25(33)30(20)21-15-16-22(31)27-24(21)32/h12-14,21,26H,4-11,15-18H2,1-3H3,(H,27,31,32). The molecule has 1 aromatic carbocycles. The molecule has 1 unspecified atom stereocenters. The number of benzene rings is 1. The van der Waals surface area contributed by atoms with Crippen LogP contribution in [0.2, 0.25) is 0 Å². The number of fused-ring (bicyclic) bond motifs is 1. The van der Waals surface area contributed by atoms with Crippen molar-refractivity contribution in [3.8, 4) is 0 Å². The van der Waals surface area contributed by atoms with Crippen LogP contribution in [0.1, 0.15) is 71.3 Å². The molecule has 0 saturated carbocycles. The number of carbonyl (C=O) groups is 2. The van der Waals surface area contributed by atoms with Crippen molar-refractivity contribution < 1.29 is 9.59 Å². The average molecular weight is 458 g/mol. The van der Waals surface area contributed by atoms with E-state index in [-0.39, 0.29) is 18.0 Å². The highest BCUT2D eigenvalue weighted by atomic mass is 16.2. The van der Waals surface area contributed by atoms with E-state index in [1.165, 1.54) is 43.2 Å². The lowest BCUT2D eigenvalue weighted by Crippen LogP contribution is -2.44. The summed E-state index contributed by atoms with van der Waals surface area (Å²) in [5.41, 5.74) is 2.18. The van der Waals surface area contributed by atoms with Gasteiger partial charge in [0.25, 0.3) is 0 Å². The van der Waals surface area contributed by atoms with Crippen molar-refractivity contribution in [1.29, 1.82) is 0 Å². The lowest BCUT2D eigenvalue weighted by Gasteiger charge is -2.22. The summed E-state index contributed by atoms with van der Waals surface area (Å²) in [5, 5.41) is 5.84. The maximum Gasteiger partial charge on any atom is 0.329 e. The second-order valence-electron chi connectivity index (χ2n) is 8.93. The first kappa shape index (κ1) is 25.0. The fraction of sp³-hybridized carbons (Fsp3) is 0.640. The first-order valence-electron chi connectivity index (χ1n) is 12.5. The number of piperidine rings is 1. The summed E-state index contributed by atoms with van der Waals surface area (Å²) >= 11 is 0. The molecule has 2 aromatic rings. The van der Waals surface area contributed by atoms with Crippen LogP contribution in [0.25, 0.3) is 11.0 Å².